The van der Waals surface area contributed by atoms with Gasteiger partial charge in [-0.15, -0.1) is 0 Å². The van der Waals surface area contributed by atoms with Gasteiger partial charge in [0.15, 0.2) is 0 Å². The van der Waals surface area contributed by atoms with E-state index in [9.17, 15) is 10.1 Å². The number of benzene rings is 1. The van der Waals surface area contributed by atoms with Crippen LogP contribution < -0.4 is 10.2 Å². The molecular formula is C17H21N5O2. The summed E-state index contributed by atoms with van der Waals surface area (Å²) in [5.41, 5.74) is 2.19. The maximum absolute atomic E-state index is 11.6. The van der Waals surface area contributed by atoms with Gasteiger partial charge in [0.05, 0.1) is 4.92 Å². The average molecular weight is 327 g/mol. The van der Waals surface area contributed by atoms with Crippen molar-refractivity contribution in [2.75, 3.05) is 23.3 Å². The topological polar surface area (TPSA) is 84.2 Å². The van der Waals surface area contributed by atoms with Crippen molar-refractivity contribution in [1.29, 1.82) is 0 Å². The summed E-state index contributed by atoms with van der Waals surface area (Å²) in [6.07, 6.45) is 4.63. The number of nitrogens with one attached hydrogen (secondary N) is 1. The summed E-state index contributed by atoms with van der Waals surface area (Å²) in [6.45, 7) is 4.11. The molecule has 0 amide bonds. The van der Waals surface area contributed by atoms with Crippen LogP contribution >= 0.6 is 0 Å². The summed E-state index contributed by atoms with van der Waals surface area (Å²) in [4.78, 5) is 21.5. The first kappa shape index (κ1) is 16.2. The van der Waals surface area contributed by atoms with Gasteiger partial charge < -0.3 is 10.2 Å². The fourth-order valence-corrected chi connectivity index (χ4v) is 2.90. The van der Waals surface area contributed by atoms with E-state index >= 15 is 0 Å². The van der Waals surface area contributed by atoms with Gasteiger partial charge in [0.2, 0.25) is 11.6 Å². The molecule has 0 spiro atoms. The van der Waals surface area contributed by atoms with Gasteiger partial charge in [0, 0.05) is 19.6 Å². The molecule has 0 radical (unpaired) electrons. The van der Waals surface area contributed by atoms with Crippen LogP contribution in [0.15, 0.2) is 30.6 Å². The average Bonchev–Trinajstić information content (AvgIpc) is 2.61. The number of anilines is 2. The SMILES string of the molecule is Cc1ccc(CNc2ncnc(N3CCCCC3)c2[N+](=O)[O-])cc1. The molecule has 7 nitrogen and oxygen atoms in total. The van der Waals surface area contributed by atoms with Crippen molar-refractivity contribution >= 4 is 17.3 Å². The number of hydrogen-bond acceptors (Lipinski definition) is 6. The number of aryl methyl sites for hydroxylation is 1. The van der Waals surface area contributed by atoms with E-state index in [-0.39, 0.29) is 16.4 Å². The lowest BCUT2D eigenvalue weighted by atomic mass is 10.1. The molecule has 0 saturated carbocycles. The van der Waals surface area contributed by atoms with Gasteiger partial charge in [-0.3, -0.25) is 10.1 Å². The Morgan fingerprint density at radius 3 is 2.54 bits per heavy atom. The van der Waals surface area contributed by atoms with Crippen LogP contribution in [0.2, 0.25) is 0 Å². The predicted molar refractivity (Wildman–Crippen MR) is 93.3 cm³/mol. The molecule has 0 bridgehead atoms. The number of hydrogen-bond donors (Lipinski definition) is 1. The van der Waals surface area contributed by atoms with Crippen molar-refractivity contribution in [1.82, 2.24) is 9.97 Å². The van der Waals surface area contributed by atoms with Crippen LogP contribution in [0.25, 0.3) is 0 Å². The van der Waals surface area contributed by atoms with E-state index < -0.39 is 0 Å². The normalized spacial score (nSPS) is 14.5. The van der Waals surface area contributed by atoms with Crippen LogP contribution in [-0.2, 0) is 6.54 Å². The Kier molecular flexibility index (Phi) is 4.88. The Balaban J connectivity index is 1.83. The second-order valence-electron chi connectivity index (χ2n) is 6.04. The Labute approximate surface area is 140 Å². The fourth-order valence-electron chi connectivity index (χ4n) is 2.90. The van der Waals surface area contributed by atoms with Crippen LogP contribution in [0.1, 0.15) is 30.4 Å². The maximum atomic E-state index is 11.6. The molecule has 0 atom stereocenters. The molecule has 1 aromatic heterocycles. The highest BCUT2D eigenvalue weighted by molar-refractivity contribution is 5.70. The third-order valence-corrected chi connectivity index (χ3v) is 4.22. The lowest BCUT2D eigenvalue weighted by Gasteiger charge is -2.27. The molecule has 0 unspecified atom stereocenters. The first-order valence-electron chi connectivity index (χ1n) is 8.19. The van der Waals surface area contributed by atoms with E-state index in [1.54, 1.807) is 0 Å². The van der Waals surface area contributed by atoms with Gasteiger partial charge in [-0.25, -0.2) is 9.97 Å². The summed E-state index contributed by atoms with van der Waals surface area (Å²) in [5, 5.41) is 14.7. The van der Waals surface area contributed by atoms with Crippen molar-refractivity contribution in [3.63, 3.8) is 0 Å². The van der Waals surface area contributed by atoms with E-state index in [1.165, 1.54) is 11.9 Å². The van der Waals surface area contributed by atoms with Gasteiger partial charge in [-0.05, 0) is 31.7 Å². The molecule has 126 valence electrons. The highest BCUT2D eigenvalue weighted by atomic mass is 16.6. The monoisotopic (exact) mass is 327 g/mol. The zero-order valence-corrected chi connectivity index (χ0v) is 13.7. The maximum Gasteiger partial charge on any atom is 0.353 e. The van der Waals surface area contributed by atoms with Crippen LogP contribution in [-0.4, -0.2) is 28.0 Å². The van der Waals surface area contributed by atoms with Crippen molar-refractivity contribution in [2.45, 2.75) is 32.7 Å². The van der Waals surface area contributed by atoms with Gasteiger partial charge in [0.25, 0.3) is 0 Å². The molecule has 1 aliphatic rings. The quantitative estimate of drug-likeness (QED) is 0.670. The fraction of sp³-hybridized carbons (Fsp3) is 0.412. The van der Waals surface area contributed by atoms with E-state index in [1.807, 2.05) is 36.1 Å². The van der Waals surface area contributed by atoms with Crippen LogP contribution in [0.5, 0.6) is 0 Å². The number of nitrogens with zero attached hydrogens (tertiary/aromatic N) is 4. The predicted octanol–water partition coefficient (Wildman–Crippen LogP) is 3.30. The lowest BCUT2D eigenvalue weighted by Crippen LogP contribution is -2.31. The Hall–Kier alpha value is -2.70. The second kappa shape index (κ2) is 7.25. The third-order valence-electron chi connectivity index (χ3n) is 4.22. The highest BCUT2D eigenvalue weighted by Crippen LogP contribution is 2.33. The second-order valence-corrected chi connectivity index (χ2v) is 6.04. The van der Waals surface area contributed by atoms with Crippen molar-refractivity contribution in [3.8, 4) is 0 Å². The van der Waals surface area contributed by atoms with Gasteiger partial charge in [-0.1, -0.05) is 29.8 Å². The van der Waals surface area contributed by atoms with E-state index in [0.29, 0.717) is 12.4 Å². The Bertz CT molecular complexity index is 711. The molecule has 3 rings (SSSR count). The minimum absolute atomic E-state index is 0.0356. The molecule has 1 saturated heterocycles. The standard InChI is InChI=1S/C17H21N5O2/c1-13-5-7-14(8-6-13)11-18-16-15(22(23)24)17(20-12-19-16)21-9-3-2-4-10-21/h5-8,12H,2-4,9-11H2,1H3,(H,18,19,20). The summed E-state index contributed by atoms with van der Waals surface area (Å²) in [6, 6.07) is 8.04. The largest absolute Gasteiger partial charge is 0.360 e. The molecule has 0 aliphatic carbocycles. The molecule has 1 aliphatic heterocycles. The Morgan fingerprint density at radius 1 is 1.17 bits per heavy atom. The van der Waals surface area contributed by atoms with Crippen molar-refractivity contribution < 1.29 is 4.92 Å². The zero-order valence-electron chi connectivity index (χ0n) is 13.7. The van der Waals surface area contributed by atoms with Gasteiger partial charge >= 0.3 is 5.69 Å². The van der Waals surface area contributed by atoms with E-state index in [2.05, 4.69) is 15.3 Å². The van der Waals surface area contributed by atoms with E-state index in [4.69, 9.17) is 0 Å². The highest BCUT2D eigenvalue weighted by Gasteiger charge is 2.27. The first-order valence-corrected chi connectivity index (χ1v) is 8.19. The van der Waals surface area contributed by atoms with Crippen LogP contribution in [0, 0.1) is 17.0 Å². The minimum atomic E-state index is -0.387. The molecule has 24 heavy (non-hydrogen) atoms. The molecule has 2 heterocycles. The number of aromatic nitrogens is 2. The molecular weight excluding hydrogens is 306 g/mol. The van der Waals surface area contributed by atoms with Crippen molar-refractivity contribution in [2.24, 2.45) is 0 Å². The molecule has 1 N–H and O–H groups in total. The number of rotatable bonds is 5. The number of piperidine rings is 1. The molecule has 7 heteroatoms. The number of nitro groups is 1. The summed E-state index contributed by atoms with van der Waals surface area (Å²) in [5.74, 6) is 0.692. The molecule has 2 aromatic rings. The van der Waals surface area contributed by atoms with Crippen molar-refractivity contribution in [3.05, 3.63) is 51.8 Å². The Morgan fingerprint density at radius 2 is 1.88 bits per heavy atom. The summed E-state index contributed by atoms with van der Waals surface area (Å²) >= 11 is 0. The first-order chi connectivity index (χ1) is 11.6. The summed E-state index contributed by atoms with van der Waals surface area (Å²) < 4.78 is 0. The van der Waals surface area contributed by atoms with E-state index in [0.717, 1.165) is 37.9 Å². The zero-order chi connectivity index (χ0) is 16.9. The molecule has 1 aromatic carbocycles. The van der Waals surface area contributed by atoms with Crippen LogP contribution in [0.4, 0.5) is 17.3 Å². The molecule has 1 fully saturated rings. The van der Waals surface area contributed by atoms with Crippen LogP contribution in [0.3, 0.4) is 0 Å². The smallest absolute Gasteiger partial charge is 0.353 e. The lowest BCUT2D eigenvalue weighted by molar-refractivity contribution is -0.383. The third kappa shape index (κ3) is 3.61. The summed E-state index contributed by atoms with van der Waals surface area (Å²) in [7, 11) is 0. The van der Waals surface area contributed by atoms with Gasteiger partial charge in [0.1, 0.15) is 6.33 Å². The van der Waals surface area contributed by atoms with Gasteiger partial charge in [-0.2, -0.15) is 0 Å². The minimum Gasteiger partial charge on any atom is -0.360 e.